The number of phenols is 2. The van der Waals surface area contributed by atoms with Crippen LogP contribution >= 0.6 is 11.8 Å². The lowest BCUT2D eigenvalue weighted by Crippen LogP contribution is -2.06. The minimum absolute atomic E-state index is 0.475. The van der Waals surface area contributed by atoms with Gasteiger partial charge in [-0.2, -0.15) is 0 Å². The molecule has 0 atom stereocenters. The van der Waals surface area contributed by atoms with Crippen LogP contribution in [0.2, 0.25) is 0 Å². The lowest BCUT2D eigenvalue weighted by molar-refractivity contribution is 0.411. The van der Waals surface area contributed by atoms with E-state index in [-0.39, 0.29) is 0 Å². The van der Waals surface area contributed by atoms with Gasteiger partial charge in [-0.1, -0.05) is 62.4 Å². The first-order chi connectivity index (χ1) is 14.1. The fraction of sp³-hybridized carbons (Fsp3) is 0.538. The van der Waals surface area contributed by atoms with Crippen molar-refractivity contribution in [1.29, 1.82) is 0 Å². The van der Waals surface area contributed by atoms with Gasteiger partial charge in [0.2, 0.25) is 0 Å². The summed E-state index contributed by atoms with van der Waals surface area (Å²) in [5.41, 5.74) is 4.18. The summed E-state index contributed by atoms with van der Waals surface area (Å²) >= 11 is 1.66. The topological polar surface area (TPSA) is 40.5 Å². The number of rotatable bonds is 4. The third kappa shape index (κ3) is 4.30. The molecule has 4 rings (SSSR count). The van der Waals surface area contributed by atoms with Crippen molar-refractivity contribution in [2.75, 3.05) is 0 Å². The molecular weight excluding hydrogens is 376 g/mol. The third-order valence-electron chi connectivity index (χ3n) is 7.13. The van der Waals surface area contributed by atoms with Crippen molar-refractivity contribution in [3.63, 3.8) is 0 Å². The van der Waals surface area contributed by atoms with Crippen molar-refractivity contribution in [3.8, 4) is 11.5 Å². The fourth-order valence-electron chi connectivity index (χ4n) is 5.23. The fourth-order valence-corrected chi connectivity index (χ4v) is 6.24. The SMILES string of the molecule is Cc1c(Sc2ccc(C3CCCCC3)c(O)c2C)ccc(C2CCCCC2)c1O. The van der Waals surface area contributed by atoms with Crippen molar-refractivity contribution in [1.82, 2.24) is 0 Å². The molecule has 0 heterocycles. The van der Waals surface area contributed by atoms with Crippen LogP contribution < -0.4 is 0 Å². The zero-order valence-electron chi connectivity index (χ0n) is 17.8. The van der Waals surface area contributed by atoms with E-state index >= 15 is 0 Å². The Morgan fingerprint density at radius 1 is 0.621 bits per heavy atom. The van der Waals surface area contributed by atoms with E-state index in [4.69, 9.17) is 0 Å². The number of hydrogen-bond donors (Lipinski definition) is 2. The maximum absolute atomic E-state index is 10.9. The third-order valence-corrected chi connectivity index (χ3v) is 8.46. The van der Waals surface area contributed by atoms with E-state index in [1.165, 1.54) is 64.2 Å². The summed E-state index contributed by atoms with van der Waals surface area (Å²) in [6.07, 6.45) is 12.5. The van der Waals surface area contributed by atoms with Gasteiger partial charge >= 0.3 is 0 Å². The zero-order valence-corrected chi connectivity index (χ0v) is 18.7. The van der Waals surface area contributed by atoms with Crippen molar-refractivity contribution in [3.05, 3.63) is 46.5 Å². The first-order valence-corrected chi connectivity index (χ1v) is 12.2. The molecule has 29 heavy (non-hydrogen) atoms. The van der Waals surface area contributed by atoms with Crippen LogP contribution in [0.15, 0.2) is 34.1 Å². The Balaban J connectivity index is 1.57. The molecule has 2 N–H and O–H groups in total. The van der Waals surface area contributed by atoms with Crippen LogP contribution in [-0.4, -0.2) is 10.2 Å². The molecule has 2 aromatic carbocycles. The normalized spacial score (nSPS) is 18.8. The molecule has 2 fully saturated rings. The van der Waals surface area contributed by atoms with Crippen LogP contribution in [0.25, 0.3) is 0 Å². The molecule has 0 aromatic heterocycles. The first-order valence-electron chi connectivity index (χ1n) is 11.4. The van der Waals surface area contributed by atoms with E-state index < -0.39 is 0 Å². The molecule has 0 spiro atoms. The minimum atomic E-state index is 0.475. The molecule has 3 heteroatoms. The van der Waals surface area contributed by atoms with Crippen LogP contribution in [0.3, 0.4) is 0 Å². The molecular formula is C26H34O2S. The number of benzene rings is 2. The molecule has 0 amide bonds. The van der Waals surface area contributed by atoms with Gasteiger partial charge < -0.3 is 10.2 Å². The Bertz CT molecular complexity index is 790. The highest BCUT2D eigenvalue weighted by atomic mass is 32.2. The standard InChI is InChI=1S/C26H34O2S/c1-17-23(15-13-21(25(17)27)19-9-5-3-6-10-19)29-24-16-14-22(26(28)18(24)2)20-11-7-4-8-12-20/h13-16,19-20,27-28H,3-12H2,1-2H3. The van der Waals surface area contributed by atoms with Crippen molar-refractivity contribution >= 4 is 11.8 Å². The van der Waals surface area contributed by atoms with Crippen LogP contribution in [0.4, 0.5) is 0 Å². The Hall–Kier alpha value is -1.61. The highest BCUT2D eigenvalue weighted by Gasteiger charge is 2.23. The van der Waals surface area contributed by atoms with E-state index in [2.05, 4.69) is 24.3 Å². The molecule has 2 aromatic rings. The summed E-state index contributed by atoms with van der Waals surface area (Å²) in [6.45, 7) is 4.05. The number of hydrogen-bond acceptors (Lipinski definition) is 3. The Morgan fingerprint density at radius 3 is 1.38 bits per heavy atom. The van der Waals surface area contributed by atoms with E-state index in [9.17, 15) is 10.2 Å². The van der Waals surface area contributed by atoms with Crippen molar-refractivity contribution in [2.45, 2.75) is 99.7 Å². The molecule has 0 unspecified atom stereocenters. The van der Waals surface area contributed by atoms with Gasteiger partial charge in [0.05, 0.1) is 0 Å². The maximum Gasteiger partial charge on any atom is 0.123 e. The molecule has 0 bridgehead atoms. The summed E-state index contributed by atoms with van der Waals surface area (Å²) in [5, 5.41) is 21.8. The highest BCUT2D eigenvalue weighted by molar-refractivity contribution is 7.99. The Morgan fingerprint density at radius 2 is 1.00 bits per heavy atom. The molecule has 2 aliphatic rings. The summed E-state index contributed by atoms with van der Waals surface area (Å²) in [7, 11) is 0. The second kappa shape index (κ2) is 9.04. The minimum Gasteiger partial charge on any atom is -0.507 e. The second-order valence-corrected chi connectivity index (χ2v) is 10.1. The lowest BCUT2D eigenvalue weighted by Gasteiger charge is -2.25. The van der Waals surface area contributed by atoms with Crippen molar-refractivity contribution < 1.29 is 10.2 Å². The molecule has 2 aliphatic carbocycles. The molecule has 0 saturated heterocycles. The predicted molar refractivity (Wildman–Crippen MR) is 121 cm³/mol. The van der Waals surface area contributed by atoms with E-state index in [0.29, 0.717) is 23.3 Å². The van der Waals surface area contributed by atoms with Gasteiger partial charge in [-0.3, -0.25) is 0 Å². The molecule has 0 radical (unpaired) electrons. The second-order valence-electron chi connectivity index (χ2n) is 9.02. The Labute approximate surface area is 179 Å². The van der Waals surface area contributed by atoms with Gasteiger partial charge in [0.1, 0.15) is 11.5 Å². The van der Waals surface area contributed by atoms with E-state index in [1.54, 1.807) is 11.8 Å². The van der Waals surface area contributed by atoms with Gasteiger partial charge in [-0.05, 0) is 74.6 Å². The molecule has 2 nitrogen and oxygen atoms in total. The van der Waals surface area contributed by atoms with Gasteiger partial charge in [-0.15, -0.1) is 0 Å². The summed E-state index contributed by atoms with van der Waals surface area (Å²) in [6, 6.07) is 8.59. The largest absolute Gasteiger partial charge is 0.507 e. The number of aromatic hydroxyl groups is 2. The Kier molecular flexibility index (Phi) is 6.44. The average Bonchev–Trinajstić information content (AvgIpc) is 2.76. The quantitative estimate of drug-likeness (QED) is 0.537. The van der Waals surface area contributed by atoms with Crippen molar-refractivity contribution in [2.24, 2.45) is 0 Å². The van der Waals surface area contributed by atoms with E-state index in [1.807, 2.05) is 13.8 Å². The zero-order chi connectivity index (χ0) is 20.4. The van der Waals surface area contributed by atoms with Gasteiger partial charge in [0, 0.05) is 20.9 Å². The molecule has 2 saturated carbocycles. The average molecular weight is 411 g/mol. The van der Waals surface area contributed by atoms with Gasteiger partial charge in [-0.25, -0.2) is 0 Å². The maximum atomic E-state index is 10.9. The first kappa shape index (κ1) is 20.7. The smallest absolute Gasteiger partial charge is 0.123 e. The number of phenolic OH excluding ortho intramolecular Hbond substituents is 2. The van der Waals surface area contributed by atoms with Gasteiger partial charge in [0.15, 0.2) is 0 Å². The van der Waals surface area contributed by atoms with E-state index in [0.717, 1.165) is 32.0 Å². The molecule has 156 valence electrons. The van der Waals surface area contributed by atoms with Gasteiger partial charge in [0.25, 0.3) is 0 Å². The van der Waals surface area contributed by atoms with Crippen LogP contribution in [-0.2, 0) is 0 Å². The summed E-state index contributed by atoms with van der Waals surface area (Å²) in [5.74, 6) is 1.95. The highest BCUT2D eigenvalue weighted by Crippen LogP contribution is 2.45. The van der Waals surface area contributed by atoms with Crippen LogP contribution in [0.1, 0.15) is 98.3 Å². The summed E-state index contributed by atoms with van der Waals surface area (Å²) < 4.78 is 0. The van der Waals surface area contributed by atoms with Crippen LogP contribution in [0.5, 0.6) is 11.5 Å². The predicted octanol–water partition coefficient (Wildman–Crippen LogP) is 7.96. The van der Waals surface area contributed by atoms with Crippen LogP contribution in [0, 0.1) is 13.8 Å². The summed E-state index contributed by atoms with van der Waals surface area (Å²) in [4.78, 5) is 2.16. The molecule has 0 aliphatic heterocycles. The lowest BCUT2D eigenvalue weighted by atomic mass is 9.83. The monoisotopic (exact) mass is 410 g/mol.